The minimum atomic E-state index is -1.06. The van der Waals surface area contributed by atoms with Crippen LogP contribution in [0.25, 0.3) is 0 Å². The Labute approximate surface area is 370 Å². The Bertz CT molecular complexity index is 3150. The first-order chi connectivity index (χ1) is 30.6. The Morgan fingerprint density at radius 1 is 0.825 bits per heavy atom. The van der Waals surface area contributed by atoms with Gasteiger partial charge in [-0.3, -0.25) is 4.79 Å². The Kier molecular flexibility index (Phi) is 14.2. The number of aliphatic hydroxyl groups is 1. The van der Waals surface area contributed by atoms with Crippen LogP contribution < -0.4 is 5.32 Å². The van der Waals surface area contributed by atoms with Crippen molar-refractivity contribution in [2.24, 2.45) is 32.7 Å². The smallest absolute Gasteiger partial charge is 0.321 e. The van der Waals surface area contributed by atoms with Gasteiger partial charge >= 0.3 is 5.97 Å². The van der Waals surface area contributed by atoms with E-state index >= 15 is 0 Å². The molecule has 1 saturated heterocycles. The number of hydrogen-bond acceptors (Lipinski definition) is 8. The number of carbonyl (C=O) groups is 1. The second kappa shape index (κ2) is 20.4. The summed E-state index contributed by atoms with van der Waals surface area (Å²) >= 11 is 0. The topological polar surface area (TPSA) is 105 Å². The third-order valence-corrected chi connectivity index (χ3v) is 10.8. The summed E-state index contributed by atoms with van der Waals surface area (Å²) < 4.78 is 10.9. The fourth-order valence-corrected chi connectivity index (χ4v) is 7.77. The van der Waals surface area contributed by atoms with Gasteiger partial charge < -0.3 is 19.9 Å². The first kappa shape index (κ1) is 43.7. The standard InChI is InChI=1S/C55H38N4O4/c1-9-12-13-14-15-16-17-18-19-20-21-22-23-24-25-26-27-28-31-63-32-29-30-42-38(6)45-33-43-36(4)40(10-2)47(56-43)34-44-37(5)41(11-3)48(57-44)35-46-39(7)49-53(59-46)50(52(42)58-45)51(54(49)60)55(61)62-8/h1,10,33-35,38,42,51,58,60H,2,11,29-30,32H2,3-8H3. The second-order valence-electron chi connectivity index (χ2n) is 14.2. The minimum absolute atomic E-state index is 0.0399. The number of allylic oxidation sites excluding steroid dienone is 11. The number of nitrogens with one attached hydrogen (secondary N) is 1. The number of hydrogen-bond donors (Lipinski definition) is 2. The molecule has 2 N–H and O–H groups in total. The molecule has 6 aliphatic rings. The highest BCUT2D eigenvalue weighted by Gasteiger charge is 2.49. The highest BCUT2D eigenvalue weighted by molar-refractivity contribution is 6.24. The van der Waals surface area contributed by atoms with Gasteiger partial charge in [0.05, 0.1) is 41.3 Å². The average Bonchev–Trinajstić information content (AvgIpc) is 4.02. The molecule has 5 aliphatic heterocycles. The van der Waals surface area contributed by atoms with Gasteiger partial charge in [0.1, 0.15) is 24.4 Å². The molecule has 63 heavy (non-hydrogen) atoms. The first-order valence-corrected chi connectivity index (χ1v) is 19.9. The monoisotopic (exact) mass is 818 g/mol. The summed E-state index contributed by atoms with van der Waals surface area (Å²) in [5.74, 6) is 43.3. The van der Waals surface area contributed by atoms with Crippen molar-refractivity contribution in [3.63, 3.8) is 0 Å². The molecular weight excluding hydrogens is 781 g/mol. The van der Waals surface area contributed by atoms with Gasteiger partial charge in [0, 0.05) is 99.2 Å². The molecule has 0 radical (unpaired) electrons. The van der Waals surface area contributed by atoms with Crippen LogP contribution in [0.2, 0.25) is 0 Å². The maximum absolute atomic E-state index is 13.5. The largest absolute Gasteiger partial charge is 0.510 e. The van der Waals surface area contributed by atoms with Crippen LogP contribution in [0.5, 0.6) is 0 Å². The van der Waals surface area contributed by atoms with Crippen molar-refractivity contribution in [1.82, 2.24) is 5.32 Å². The van der Waals surface area contributed by atoms with Gasteiger partial charge in [0.2, 0.25) is 0 Å². The number of terminal acetylenes is 1. The summed E-state index contributed by atoms with van der Waals surface area (Å²) in [5.41, 5.74) is 12.2. The van der Waals surface area contributed by atoms with E-state index in [9.17, 15) is 9.90 Å². The summed E-state index contributed by atoms with van der Waals surface area (Å²) in [6.07, 6.45) is 17.6. The lowest BCUT2D eigenvalue weighted by Gasteiger charge is -2.20. The summed E-state index contributed by atoms with van der Waals surface area (Å²) in [6, 6.07) is 0. The van der Waals surface area contributed by atoms with Crippen molar-refractivity contribution >= 4 is 23.1 Å². The molecule has 0 saturated carbocycles. The predicted molar refractivity (Wildman–Crippen MR) is 247 cm³/mol. The van der Waals surface area contributed by atoms with Gasteiger partial charge in [0.25, 0.3) is 0 Å². The molecule has 0 amide bonds. The zero-order valence-electron chi connectivity index (χ0n) is 35.7. The molecule has 302 valence electrons. The van der Waals surface area contributed by atoms with E-state index in [2.05, 4.69) is 151 Å². The lowest BCUT2D eigenvalue weighted by atomic mass is 9.84. The molecular formula is C55H38N4O4. The number of rotatable bonds is 7. The summed E-state index contributed by atoms with van der Waals surface area (Å²) in [4.78, 5) is 28.8. The van der Waals surface area contributed by atoms with Crippen LogP contribution in [0, 0.1) is 137 Å². The van der Waals surface area contributed by atoms with Gasteiger partial charge in [0.15, 0.2) is 0 Å². The normalized spacial score (nSPS) is 19.1. The molecule has 0 aromatic rings. The Morgan fingerprint density at radius 3 is 2.00 bits per heavy atom. The zero-order chi connectivity index (χ0) is 44.9. The van der Waals surface area contributed by atoms with Crippen molar-refractivity contribution in [2.75, 3.05) is 13.7 Å². The van der Waals surface area contributed by atoms with E-state index in [4.69, 9.17) is 30.9 Å². The Balaban J connectivity index is 1.24. The average molecular weight is 819 g/mol. The summed E-state index contributed by atoms with van der Waals surface area (Å²) in [7, 11) is 1.33. The highest BCUT2D eigenvalue weighted by atomic mass is 16.5. The minimum Gasteiger partial charge on any atom is -0.510 e. The zero-order valence-corrected chi connectivity index (χ0v) is 35.7. The van der Waals surface area contributed by atoms with Gasteiger partial charge in [-0.25, -0.2) is 15.0 Å². The predicted octanol–water partition coefficient (Wildman–Crippen LogP) is 6.66. The van der Waals surface area contributed by atoms with Crippen LogP contribution in [-0.2, 0) is 14.3 Å². The molecule has 5 heterocycles. The van der Waals surface area contributed by atoms with E-state index in [-0.39, 0.29) is 17.6 Å². The maximum atomic E-state index is 13.5. The molecule has 3 atom stereocenters. The number of esters is 1. The quantitative estimate of drug-likeness (QED) is 0.170. The van der Waals surface area contributed by atoms with E-state index in [1.807, 2.05) is 32.1 Å². The number of ether oxygens (including phenoxy) is 2. The Morgan fingerprint density at radius 2 is 1.41 bits per heavy atom. The number of fused-ring (bicyclic) bond motifs is 5. The summed E-state index contributed by atoms with van der Waals surface area (Å²) in [6.45, 7) is 14.7. The van der Waals surface area contributed by atoms with Gasteiger partial charge in [-0.15, -0.1) is 6.42 Å². The number of aliphatic imine (C=N–C) groups is 3. The van der Waals surface area contributed by atoms with Crippen LogP contribution in [0.3, 0.4) is 0 Å². The first-order valence-electron chi connectivity index (χ1n) is 19.9. The van der Waals surface area contributed by atoms with E-state index in [0.29, 0.717) is 42.0 Å². The van der Waals surface area contributed by atoms with Gasteiger partial charge in [-0.2, -0.15) is 0 Å². The highest BCUT2D eigenvalue weighted by Crippen LogP contribution is 2.49. The third kappa shape index (κ3) is 9.47. The van der Waals surface area contributed by atoms with E-state index < -0.39 is 11.9 Å². The van der Waals surface area contributed by atoms with Crippen LogP contribution in [0.1, 0.15) is 53.9 Å². The lowest BCUT2D eigenvalue weighted by Crippen LogP contribution is -2.24. The molecule has 6 rings (SSSR count). The number of aliphatic hydroxyl groups excluding tert-OH is 1. The van der Waals surface area contributed by atoms with Gasteiger partial charge in [-0.1, -0.05) is 26.5 Å². The third-order valence-electron chi connectivity index (χ3n) is 10.8. The number of nitrogens with zero attached hydrogens (tertiary/aromatic N) is 3. The number of carbonyl (C=O) groups excluding carboxylic acids is 1. The molecule has 8 nitrogen and oxygen atoms in total. The van der Waals surface area contributed by atoms with Crippen LogP contribution in [0.15, 0.2) is 119 Å². The van der Waals surface area contributed by atoms with Crippen molar-refractivity contribution in [3.05, 3.63) is 104 Å². The van der Waals surface area contributed by atoms with E-state index in [0.717, 1.165) is 68.5 Å². The van der Waals surface area contributed by atoms with Crippen molar-refractivity contribution in [1.29, 1.82) is 0 Å². The molecule has 1 aliphatic carbocycles. The fourth-order valence-electron chi connectivity index (χ4n) is 7.77. The molecule has 0 aromatic heterocycles. The van der Waals surface area contributed by atoms with Crippen molar-refractivity contribution in [2.45, 2.75) is 53.9 Å². The second-order valence-corrected chi connectivity index (χ2v) is 14.2. The molecule has 3 unspecified atom stereocenters. The molecule has 8 bridgehead atoms. The number of methoxy groups -OCH3 is 1. The summed E-state index contributed by atoms with van der Waals surface area (Å²) in [5, 5.41) is 15.5. The van der Waals surface area contributed by atoms with Crippen molar-refractivity contribution < 1.29 is 19.4 Å². The van der Waals surface area contributed by atoms with Crippen LogP contribution in [-0.4, -0.2) is 41.9 Å². The van der Waals surface area contributed by atoms with Gasteiger partial charge in [-0.05, 0) is 128 Å². The maximum Gasteiger partial charge on any atom is 0.321 e. The van der Waals surface area contributed by atoms with E-state index in [1.165, 1.54) is 7.11 Å². The molecule has 8 heteroatoms. The lowest BCUT2D eigenvalue weighted by molar-refractivity contribution is -0.143. The van der Waals surface area contributed by atoms with Crippen molar-refractivity contribution in [3.8, 4) is 119 Å². The SMILES string of the molecule is C#CC#CC#CC#CC#CC#CC#CC#CC#CC#COCCCC1C2=C3C4=NC(=C(C)C4=C(O)C3C(=O)OC)C=C3N=C(C=C4N=C(C=C(N2)C1C)C(C)=C4C=C)C(C)=C3CC. The molecule has 0 spiro atoms. The molecule has 0 aromatic carbocycles. The molecule has 1 fully saturated rings. The Hall–Kier alpha value is -8.86. The van der Waals surface area contributed by atoms with Crippen LogP contribution >= 0.6 is 0 Å². The fraction of sp³-hybridized carbons (Fsp3) is 0.236. The van der Waals surface area contributed by atoms with E-state index in [1.54, 1.807) is 0 Å². The van der Waals surface area contributed by atoms with Crippen LogP contribution in [0.4, 0.5) is 0 Å².